The van der Waals surface area contributed by atoms with Crippen LogP contribution in [-0.4, -0.2) is 40.0 Å². The Kier molecular flexibility index (Phi) is 3.86. The number of benzene rings is 1. The van der Waals surface area contributed by atoms with Crippen LogP contribution in [0.15, 0.2) is 54.9 Å². The molecule has 3 aromatic rings. The number of hydrogen-bond donors (Lipinski definition) is 1. The monoisotopic (exact) mass is 344 g/mol. The summed E-state index contributed by atoms with van der Waals surface area (Å²) < 4.78 is 0. The molecule has 0 amide bonds. The lowest BCUT2D eigenvalue weighted by Crippen LogP contribution is -2.59. The zero-order valence-electron chi connectivity index (χ0n) is 15.1. The van der Waals surface area contributed by atoms with Crippen LogP contribution in [0.25, 0.3) is 22.0 Å². The van der Waals surface area contributed by atoms with Crippen LogP contribution in [0.3, 0.4) is 0 Å². The van der Waals surface area contributed by atoms with Crippen LogP contribution in [0.4, 0.5) is 5.82 Å². The summed E-state index contributed by atoms with van der Waals surface area (Å²) in [4.78, 5) is 11.8. The van der Waals surface area contributed by atoms with Crippen molar-refractivity contribution in [2.45, 2.75) is 31.8 Å². The first-order valence-electron chi connectivity index (χ1n) is 9.60. The topological polar surface area (TPSA) is 41.1 Å². The zero-order chi connectivity index (χ0) is 17.5. The third-order valence-electron chi connectivity index (χ3n) is 6.21. The smallest absolute Gasteiger partial charge is 0.126 e. The lowest BCUT2D eigenvalue weighted by molar-refractivity contribution is 0.0457. The fourth-order valence-corrected chi connectivity index (χ4v) is 4.71. The first-order chi connectivity index (χ1) is 12.8. The molecule has 0 saturated carbocycles. The summed E-state index contributed by atoms with van der Waals surface area (Å²) in [6, 6.07) is 15.8. The summed E-state index contributed by atoms with van der Waals surface area (Å²) in [5.41, 5.74) is 3.34. The minimum Gasteiger partial charge on any atom is -0.365 e. The van der Waals surface area contributed by atoms with Crippen LogP contribution in [0, 0.1) is 5.92 Å². The molecule has 0 unspecified atom stereocenters. The second-order valence-corrected chi connectivity index (χ2v) is 7.59. The van der Waals surface area contributed by atoms with Crippen LogP contribution in [0.1, 0.15) is 19.8 Å². The van der Waals surface area contributed by atoms with Crippen LogP contribution >= 0.6 is 0 Å². The maximum Gasteiger partial charge on any atom is 0.126 e. The molecular weight excluding hydrogens is 320 g/mol. The third kappa shape index (κ3) is 2.65. The predicted octanol–water partition coefficient (Wildman–Crippen LogP) is 4.19. The fourth-order valence-electron chi connectivity index (χ4n) is 4.71. The number of aromatic nitrogens is 2. The standard InChI is InChI=1S/C22H24N4/c1-15-22(16-9-12-26(15)13-10-16)25-21-8-7-17(14-24-21)18-4-2-6-20-19(18)5-3-11-23-20/h2-8,11,14-16,22H,9-10,12-13H2,1H3,(H,24,25)/t15-,22+/m1/s1. The van der Waals surface area contributed by atoms with Gasteiger partial charge in [-0.1, -0.05) is 18.2 Å². The number of rotatable bonds is 3. The van der Waals surface area contributed by atoms with Gasteiger partial charge in [0.25, 0.3) is 0 Å². The molecule has 2 bridgehead atoms. The van der Waals surface area contributed by atoms with Gasteiger partial charge in [-0.25, -0.2) is 4.98 Å². The molecule has 3 aliphatic heterocycles. The minimum absolute atomic E-state index is 0.512. The van der Waals surface area contributed by atoms with Crippen LogP contribution in [0.2, 0.25) is 0 Å². The van der Waals surface area contributed by atoms with E-state index >= 15 is 0 Å². The molecule has 5 heterocycles. The first kappa shape index (κ1) is 15.8. The van der Waals surface area contributed by atoms with Gasteiger partial charge in [0.15, 0.2) is 0 Å². The zero-order valence-corrected chi connectivity index (χ0v) is 15.1. The van der Waals surface area contributed by atoms with E-state index in [1.54, 1.807) is 0 Å². The Morgan fingerprint density at radius 1 is 1.00 bits per heavy atom. The van der Waals surface area contributed by atoms with E-state index < -0.39 is 0 Å². The molecule has 0 spiro atoms. The number of nitrogens with zero attached hydrogens (tertiary/aromatic N) is 3. The summed E-state index contributed by atoms with van der Waals surface area (Å²) in [6.45, 7) is 4.86. The summed E-state index contributed by atoms with van der Waals surface area (Å²) >= 11 is 0. The van der Waals surface area contributed by atoms with E-state index in [1.165, 1.54) is 36.9 Å². The van der Waals surface area contributed by atoms with Gasteiger partial charge < -0.3 is 5.32 Å². The van der Waals surface area contributed by atoms with Crippen molar-refractivity contribution < 1.29 is 0 Å². The highest BCUT2D eigenvalue weighted by molar-refractivity contribution is 5.94. The normalized spacial score (nSPS) is 27.6. The van der Waals surface area contributed by atoms with Crippen LogP contribution in [-0.2, 0) is 0 Å². The molecule has 2 atom stereocenters. The van der Waals surface area contributed by atoms with E-state index in [1.807, 2.05) is 18.5 Å². The van der Waals surface area contributed by atoms with Crippen LogP contribution < -0.4 is 5.32 Å². The van der Waals surface area contributed by atoms with E-state index in [0.29, 0.717) is 12.1 Å². The number of hydrogen-bond acceptors (Lipinski definition) is 4. The highest BCUT2D eigenvalue weighted by Crippen LogP contribution is 2.34. The van der Waals surface area contributed by atoms with Crippen molar-refractivity contribution in [3.63, 3.8) is 0 Å². The Bertz CT molecular complexity index is 906. The molecule has 6 rings (SSSR count). The molecule has 0 aliphatic carbocycles. The van der Waals surface area contributed by atoms with Crippen molar-refractivity contribution in [2.75, 3.05) is 18.4 Å². The van der Waals surface area contributed by atoms with Crippen molar-refractivity contribution in [3.05, 3.63) is 54.9 Å². The Labute approximate surface area is 154 Å². The summed E-state index contributed by atoms with van der Waals surface area (Å²) in [7, 11) is 0. The van der Waals surface area contributed by atoms with Gasteiger partial charge in [-0.3, -0.25) is 9.88 Å². The van der Waals surface area contributed by atoms with Gasteiger partial charge in [-0.05, 0) is 68.6 Å². The Hall–Kier alpha value is -2.46. The Morgan fingerprint density at radius 3 is 2.65 bits per heavy atom. The quantitative estimate of drug-likeness (QED) is 0.773. The van der Waals surface area contributed by atoms with Gasteiger partial charge in [0, 0.05) is 35.4 Å². The lowest BCUT2D eigenvalue weighted by atomic mass is 9.79. The molecule has 3 fully saturated rings. The van der Waals surface area contributed by atoms with E-state index in [0.717, 1.165) is 22.8 Å². The van der Waals surface area contributed by atoms with Gasteiger partial charge in [-0.2, -0.15) is 0 Å². The van der Waals surface area contributed by atoms with Crippen molar-refractivity contribution in [3.8, 4) is 11.1 Å². The molecule has 132 valence electrons. The summed E-state index contributed by atoms with van der Waals surface area (Å²) in [6.07, 6.45) is 6.44. The van der Waals surface area contributed by atoms with E-state index in [-0.39, 0.29) is 0 Å². The van der Waals surface area contributed by atoms with Crippen molar-refractivity contribution in [1.29, 1.82) is 0 Å². The molecule has 2 aromatic heterocycles. The molecule has 26 heavy (non-hydrogen) atoms. The van der Waals surface area contributed by atoms with Crippen LogP contribution in [0.5, 0.6) is 0 Å². The van der Waals surface area contributed by atoms with Gasteiger partial charge >= 0.3 is 0 Å². The lowest BCUT2D eigenvalue weighted by Gasteiger charge is -2.50. The highest BCUT2D eigenvalue weighted by atomic mass is 15.2. The van der Waals surface area contributed by atoms with E-state index in [2.05, 4.69) is 58.5 Å². The maximum atomic E-state index is 4.72. The second-order valence-electron chi connectivity index (χ2n) is 7.59. The number of nitrogens with one attached hydrogen (secondary N) is 1. The van der Waals surface area contributed by atoms with Gasteiger partial charge in [0.1, 0.15) is 5.82 Å². The molecule has 1 N–H and O–H groups in total. The fraction of sp³-hybridized carbons (Fsp3) is 0.364. The number of piperidine rings is 3. The van der Waals surface area contributed by atoms with E-state index in [4.69, 9.17) is 4.98 Å². The van der Waals surface area contributed by atoms with Gasteiger partial charge in [-0.15, -0.1) is 0 Å². The third-order valence-corrected chi connectivity index (χ3v) is 6.21. The van der Waals surface area contributed by atoms with Gasteiger partial charge in [0.05, 0.1) is 5.52 Å². The summed E-state index contributed by atoms with van der Waals surface area (Å²) in [5.74, 6) is 1.76. The molecule has 3 saturated heterocycles. The average molecular weight is 344 g/mol. The number of pyridine rings is 2. The average Bonchev–Trinajstić information content (AvgIpc) is 2.71. The van der Waals surface area contributed by atoms with Crippen molar-refractivity contribution in [2.24, 2.45) is 5.92 Å². The summed E-state index contributed by atoms with van der Waals surface area (Å²) in [5, 5.41) is 4.88. The van der Waals surface area contributed by atoms with Crippen molar-refractivity contribution >= 4 is 16.7 Å². The second kappa shape index (κ2) is 6.36. The van der Waals surface area contributed by atoms with Crippen molar-refractivity contribution in [1.82, 2.24) is 14.9 Å². The number of fused-ring (bicyclic) bond motifs is 4. The van der Waals surface area contributed by atoms with E-state index in [9.17, 15) is 0 Å². The highest BCUT2D eigenvalue weighted by Gasteiger charge is 2.39. The first-order valence-corrected chi connectivity index (χ1v) is 9.60. The van der Waals surface area contributed by atoms with Gasteiger partial charge in [0.2, 0.25) is 0 Å². The molecule has 4 heteroatoms. The number of anilines is 1. The minimum atomic E-state index is 0.512. The molecule has 4 nitrogen and oxygen atoms in total. The molecule has 3 aliphatic rings. The Morgan fingerprint density at radius 2 is 1.88 bits per heavy atom. The predicted molar refractivity (Wildman–Crippen MR) is 106 cm³/mol. The SMILES string of the molecule is C[C@@H]1[C@H](Nc2ccc(-c3cccc4ncccc34)cn2)C2CCN1CC2. The molecule has 0 radical (unpaired) electrons. The largest absolute Gasteiger partial charge is 0.365 e. The maximum absolute atomic E-state index is 4.72. The molecule has 1 aromatic carbocycles. The Balaban J connectivity index is 1.41. The molecular formula is C22H24N4.